The van der Waals surface area contributed by atoms with Crippen LogP contribution in [0.25, 0.3) is 0 Å². The first-order valence-corrected chi connectivity index (χ1v) is 9.28. The molecule has 0 N–H and O–H groups in total. The van der Waals surface area contributed by atoms with Crippen molar-refractivity contribution in [2.45, 2.75) is 56.3 Å². The summed E-state index contributed by atoms with van der Waals surface area (Å²) in [5.74, 6) is 1.40. The van der Waals surface area contributed by atoms with Crippen LogP contribution in [0.5, 0.6) is 0 Å². The lowest BCUT2D eigenvalue weighted by Gasteiger charge is -2.44. The van der Waals surface area contributed by atoms with Gasteiger partial charge in [-0.05, 0) is 31.6 Å². The molecule has 3 aliphatic rings. The Labute approximate surface area is 134 Å². The molecule has 2 atom stereocenters. The van der Waals surface area contributed by atoms with Crippen LogP contribution >= 0.6 is 11.8 Å². The van der Waals surface area contributed by atoms with E-state index in [2.05, 4.69) is 4.98 Å². The standard InChI is InChI=1S/C16H21N3O2S/c20-14(12-10-17-16-19(15(12)21)8-9-22-16)18-7-3-5-11-4-1-2-6-13(11)18/h10-11,13H,1-9H2/t11-,13-/m1/s1. The lowest BCUT2D eigenvalue weighted by molar-refractivity contribution is 0.0387. The highest BCUT2D eigenvalue weighted by Gasteiger charge is 2.37. The summed E-state index contributed by atoms with van der Waals surface area (Å²) in [5.41, 5.74) is 0.107. The molecule has 0 bridgehead atoms. The largest absolute Gasteiger partial charge is 0.335 e. The summed E-state index contributed by atoms with van der Waals surface area (Å²) in [5, 5.41) is 0.746. The molecule has 5 nitrogen and oxygen atoms in total. The highest BCUT2D eigenvalue weighted by Crippen LogP contribution is 2.35. The number of amides is 1. The van der Waals surface area contributed by atoms with Crippen molar-refractivity contribution in [3.8, 4) is 0 Å². The average molecular weight is 319 g/mol. The van der Waals surface area contributed by atoms with Crippen LogP contribution in [0.15, 0.2) is 16.1 Å². The number of fused-ring (bicyclic) bond motifs is 2. The Morgan fingerprint density at radius 1 is 1.18 bits per heavy atom. The van der Waals surface area contributed by atoms with E-state index < -0.39 is 0 Å². The molecule has 2 fully saturated rings. The summed E-state index contributed by atoms with van der Waals surface area (Å²) in [6.45, 7) is 1.45. The SMILES string of the molecule is O=C(c1cnc2n(c1=O)CCS2)N1CCC[C@H]2CCCC[C@H]21. The highest BCUT2D eigenvalue weighted by molar-refractivity contribution is 7.99. The average Bonchev–Trinajstić information content (AvgIpc) is 3.04. The van der Waals surface area contributed by atoms with Crippen LogP contribution in [0.4, 0.5) is 0 Å². The fourth-order valence-electron chi connectivity index (χ4n) is 4.20. The van der Waals surface area contributed by atoms with E-state index in [1.165, 1.54) is 31.9 Å². The molecular weight excluding hydrogens is 298 g/mol. The van der Waals surface area contributed by atoms with Gasteiger partial charge in [-0.2, -0.15) is 0 Å². The Hall–Kier alpha value is -1.30. The van der Waals surface area contributed by atoms with Gasteiger partial charge >= 0.3 is 0 Å². The van der Waals surface area contributed by atoms with Gasteiger partial charge in [-0.1, -0.05) is 24.6 Å². The molecule has 0 radical (unpaired) electrons. The molecule has 118 valence electrons. The van der Waals surface area contributed by atoms with Gasteiger partial charge in [0.1, 0.15) is 5.56 Å². The molecule has 6 heteroatoms. The molecule has 1 saturated carbocycles. The fourth-order valence-corrected chi connectivity index (χ4v) is 5.11. The minimum atomic E-state index is -0.155. The van der Waals surface area contributed by atoms with E-state index in [1.807, 2.05) is 4.90 Å². The lowest BCUT2D eigenvalue weighted by atomic mass is 9.78. The van der Waals surface area contributed by atoms with Gasteiger partial charge in [0, 0.05) is 31.1 Å². The number of hydrogen-bond acceptors (Lipinski definition) is 4. The second kappa shape index (κ2) is 5.72. The maximum Gasteiger partial charge on any atom is 0.267 e. The van der Waals surface area contributed by atoms with Crippen molar-refractivity contribution in [3.05, 3.63) is 22.1 Å². The molecule has 1 aromatic rings. The van der Waals surface area contributed by atoms with Crippen LogP contribution in [0.1, 0.15) is 48.9 Å². The van der Waals surface area contributed by atoms with E-state index in [9.17, 15) is 9.59 Å². The first-order chi connectivity index (χ1) is 10.8. The normalized spacial score (nSPS) is 27.4. The Bertz CT molecular complexity index is 655. The number of nitrogens with zero attached hydrogens (tertiary/aromatic N) is 3. The zero-order valence-electron chi connectivity index (χ0n) is 12.7. The minimum Gasteiger partial charge on any atom is -0.335 e. The fraction of sp³-hybridized carbons (Fsp3) is 0.688. The molecule has 1 saturated heterocycles. The quantitative estimate of drug-likeness (QED) is 0.744. The van der Waals surface area contributed by atoms with E-state index in [0.717, 1.165) is 30.3 Å². The first-order valence-electron chi connectivity index (χ1n) is 8.29. The molecule has 4 rings (SSSR count). The second-order valence-electron chi connectivity index (χ2n) is 6.51. The van der Waals surface area contributed by atoms with Crippen molar-refractivity contribution >= 4 is 17.7 Å². The Morgan fingerprint density at radius 3 is 2.91 bits per heavy atom. The summed E-state index contributed by atoms with van der Waals surface area (Å²) in [4.78, 5) is 31.8. The molecule has 0 aromatic carbocycles. The summed E-state index contributed by atoms with van der Waals surface area (Å²) in [6.07, 6.45) is 8.58. The molecule has 0 unspecified atom stereocenters. The number of carbonyl (C=O) groups excluding carboxylic acids is 1. The monoisotopic (exact) mass is 319 g/mol. The maximum absolute atomic E-state index is 12.9. The van der Waals surface area contributed by atoms with Gasteiger partial charge < -0.3 is 4.90 Å². The van der Waals surface area contributed by atoms with Crippen LogP contribution < -0.4 is 5.56 Å². The van der Waals surface area contributed by atoms with Crippen LogP contribution in [0, 0.1) is 5.92 Å². The third kappa shape index (κ3) is 2.28. The highest BCUT2D eigenvalue weighted by atomic mass is 32.2. The Balaban J connectivity index is 1.65. The Morgan fingerprint density at radius 2 is 2.00 bits per heavy atom. The van der Waals surface area contributed by atoms with Crippen LogP contribution in [-0.2, 0) is 6.54 Å². The van der Waals surface area contributed by atoms with Crippen molar-refractivity contribution in [2.24, 2.45) is 5.92 Å². The van der Waals surface area contributed by atoms with Gasteiger partial charge in [0.15, 0.2) is 5.16 Å². The van der Waals surface area contributed by atoms with Gasteiger partial charge in [0.2, 0.25) is 0 Å². The summed E-state index contributed by atoms with van der Waals surface area (Å²) in [7, 11) is 0. The number of piperidine rings is 1. The van der Waals surface area contributed by atoms with E-state index >= 15 is 0 Å². The number of hydrogen-bond donors (Lipinski definition) is 0. The van der Waals surface area contributed by atoms with E-state index in [0.29, 0.717) is 18.5 Å². The molecule has 0 spiro atoms. The molecular formula is C16H21N3O2S. The molecule has 1 amide bonds. The topological polar surface area (TPSA) is 55.2 Å². The lowest BCUT2D eigenvalue weighted by Crippen LogP contribution is -2.51. The van der Waals surface area contributed by atoms with Crippen LogP contribution in [-0.4, -0.2) is 38.7 Å². The van der Waals surface area contributed by atoms with Crippen LogP contribution in [0.2, 0.25) is 0 Å². The Kier molecular flexibility index (Phi) is 3.72. The first kappa shape index (κ1) is 14.3. The maximum atomic E-state index is 12.9. The molecule has 2 aliphatic heterocycles. The zero-order valence-corrected chi connectivity index (χ0v) is 13.5. The number of likely N-dealkylation sites (tertiary alicyclic amines) is 1. The van der Waals surface area contributed by atoms with E-state index in [1.54, 1.807) is 16.3 Å². The van der Waals surface area contributed by atoms with Crippen molar-refractivity contribution in [3.63, 3.8) is 0 Å². The molecule has 22 heavy (non-hydrogen) atoms. The van der Waals surface area contributed by atoms with Crippen molar-refractivity contribution in [1.82, 2.24) is 14.5 Å². The van der Waals surface area contributed by atoms with E-state index in [-0.39, 0.29) is 17.0 Å². The van der Waals surface area contributed by atoms with Crippen LogP contribution in [0.3, 0.4) is 0 Å². The number of thioether (sulfide) groups is 1. The third-order valence-electron chi connectivity index (χ3n) is 5.29. The van der Waals surface area contributed by atoms with Gasteiger partial charge in [-0.3, -0.25) is 14.2 Å². The second-order valence-corrected chi connectivity index (χ2v) is 7.57. The minimum absolute atomic E-state index is 0.0960. The van der Waals surface area contributed by atoms with Gasteiger partial charge in [0.05, 0.1) is 0 Å². The number of rotatable bonds is 1. The van der Waals surface area contributed by atoms with Crippen molar-refractivity contribution < 1.29 is 4.79 Å². The van der Waals surface area contributed by atoms with Gasteiger partial charge in [-0.15, -0.1) is 0 Å². The van der Waals surface area contributed by atoms with Crippen molar-refractivity contribution in [2.75, 3.05) is 12.3 Å². The third-order valence-corrected chi connectivity index (χ3v) is 6.26. The summed E-state index contributed by atoms with van der Waals surface area (Å²) >= 11 is 1.58. The smallest absolute Gasteiger partial charge is 0.267 e. The molecule has 3 heterocycles. The summed E-state index contributed by atoms with van der Waals surface area (Å²) < 4.78 is 1.65. The zero-order chi connectivity index (χ0) is 15.1. The van der Waals surface area contributed by atoms with Crippen molar-refractivity contribution in [1.29, 1.82) is 0 Å². The molecule has 1 aliphatic carbocycles. The predicted octanol–water partition coefficient (Wildman–Crippen LogP) is 2.14. The van der Waals surface area contributed by atoms with Gasteiger partial charge in [0.25, 0.3) is 11.5 Å². The number of aromatic nitrogens is 2. The number of carbonyl (C=O) groups is 1. The van der Waals surface area contributed by atoms with E-state index in [4.69, 9.17) is 0 Å². The summed E-state index contributed by atoms with van der Waals surface area (Å²) in [6, 6.07) is 0.335. The molecule has 1 aromatic heterocycles. The van der Waals surface area contributed by atoms with Gasteiger partial charge in [-0.25, -0.2) is 4.98 Å². The predicted molar refractivity (Wildman–Crippen MR) is 85.2 cm³/mol.